The summed E-state index contributed by atoms with van der Waals surface area (Å²) in [5.74, 6) is -1.39. The average molecular weight is 504 g/mol. The minimum atomic E-state index is -0.871. The summed E-state index contributed by atoms with van der Waals surface area (Å²) in [6.07, 6.45) is 0. The van der Waals surface area contributed by atoms with Crippen molar-refractivity contribution in [3.05, 3.63) is 100 Å². The van der Waals surface area contributed by atoms with Gasteiger partial charge in [-0.05, 0) is 54.3 Å². The number of amides is 1. The van der Waals surface area contributed by atoms with E-state index in [0.29, 0.717) is 23.8 Å². The number of hydrogen-bond donors (Lipinski definition) is 1. The Kier molecular flexibility index (Phi) is 7.62. The van der Waals surface area contributed by atoms with Crippen LogP contribution in [0.1, 0.15) is 42.1 Å². The second-order valence-corrected chi connectivity index (χ2v) is 9.53. The molecular formula is C30H30FNO5. The van der Waals surface area contributed by atoms with Gasteiger partial charge in [0.15, 0.2) is 0 Å². The molecule has 1 saturated heterocycles. The molecule has 0 saturated carbocycles. The summed E-state index contributed by atoms with van der Waals surface area (Å²) >= 11 is 0. The van der Waals surface area contributed by atoms with E-state index in [1.165, 1.54) is 24.1 Å². The van der Waals surface area contributed by atoms with Crippen molar-refractivity contribution < 1.29 is 28.6 Å². The molecule has 7 heteroatoms. The van der Waals surface area contributed by atoms with Gasteiger partial charge in [-0.1, -0.05) is 55.8 Å². The molecule has 192 valence electrons. The van der Waals surface area contributed by atoms with E-state index in [2.05, 4.69) is 13.8 Å². The van der Waals surface area contributed by atoms with Crippen molar-refractivity contribution in [2.75, 3.05) is 13.7 Å². The molecule has 0 aliphatic carbocycles. The molecule has 37 heavy (non-hydrogen) atoms. The van der Waals surface area contributed by atoms with Gasteiger partial charge in [-0.15, -0.1) is 0 Å². The standard InChI is InChI=1S/C30H30FNO5/c1-18(2)17-37-23-11-8-20(9-12-23)16-32-27(21-7-5-6-19(3)14-21)26(29(34)30(32)35)28(33)24-15-22(31)10-13-25(24)36-4/h5-15,18,27,33H,16-17H2,1-4H3/b28-26+. The van der Waals surface area contributed by atoms with Gasteiger partial charge in [0, 0.05) is 6.54 Å². The highest BCUT2D eigenvalue weighted by atomic mass is 19.1. The number of halogens is 1. The number of ether oxygens (including phenoxy) is 2. The van der Waals surface area contributed by atoms with Gasteiger partial charge >= 0.3 is 0 Å². The number of carbonyl (C=O) groups is 2. The maximum Gasteiger partial charge on any atom is 0.295 e. The summed E-state index contributed by atoms with van der Waals surface area (Å²) in [5, 5.41) is 11.3. The fourth-order valence-corrected chi connectivity index (χ4v) is 4.39. The van der Waals surface area contributed by atoms with Gasteiger partial charge in [0.25, 0.3) is 11.7 Å². The molecule has 1 atom stereocenters. The normalized spacial score (nSPS) is 16.9. The maximum absolute atomic E-state index is 14.1. The van der Waals surface area contributed by atoms with Gasteiger partial charge in [0.2, 0.25) is 0 Å². The van der Waals surface area contributed by atoms with Crippen LogP contribution in [0.3, 0.4) is 0 Å². The largest absolute Gasteiger partial charge is 0.507 e. The molecule has 3 aromatic carbocycles. The Bertz CT molecular complexity index is 1350. The molecule has 1 unspecified atom stereocenters. The highest BCUT2D eigenvalue weighted by molar-refractivity contribution is 6.46. The Labute approximate surface area is 215 Å². The highest BCUT2D eigenvalue weighted by Crippen LogP contribution is 2.42. The van der Waals surface area contributed by atoms with Crippen molar-refractivity contribution in [3.8, 4) is 11.5 Å². The fourth-order valence-electron chi connectivity index (χ4n) is 4.39. The summed E-state index contributed by atoms with van der Waals surface area (Å²) in [5.41, 5.74) is 2.27. The predicted octanol–water partition coefficient (Wildman–Crippen LogP) is 5.80. The summed E-state index contributed by atoms with van der Waals surface area (Å²) in [4.78, 5) is 28.0. The minimum absolute atomic E-state index is 0.00445. The molecule has 1 aliphatic heterocycles. The van der Waals surface area contributed by atoms with E-state index >= 15 is 0 Å². The van der Waals surface area contributed by atoms with E-state index in [1.54, 1.807) is 6.07 Å². The number of nitrogens with zero attached hydrogens (tertiary/aromatic N) is 1. The van der Waals surface area contributed by atoms with Crippen LogP contribution in [0.25, 0.3) is 5.76 Å². The van der Waals surface area contributed by atoms with E-state index < -0.39 is 29.3 Å². The Hall–Kier alpha value is -4.13. The average Bonchev–Trinajstić information content (AvgIpc) is 3.12. The van der Waals surface area contributed by atoms with Crippen LogP contribution in [0.5, 0.6) is 11.5 Å². The lowest BCUT2D eigenvalue weighted by Crippen LogP contribution is -2.29. The molecule has 1 amide bonds. The van der Waals surface area contributed by atoms with E-state index in [9.17, 15) is 19.1 Å². The smallest absolute Gasteiger partial charge is 0.295 e. The first kappa shape index (κ1) is 25.9. The Morgan fingerprint density at radius 3 is 2.43 bits per heavy atom. The van der Waals surface area contributed by atoms with Crippen molar-refractivity contribution in [2.45, 2.75) is 33.4 Å². The second-order valence-electron chi connectivity index (χ2n) is 9.53. The zero-order valence-corrected chi connectivity index (χ0v) is 21.3. The number of methoxy groups -OCH3 is 1. The Balaban J connectivity index is 1.78. The van der Waals surface area contributed by atoms with Gasteiger partial charge in [-0.25, -0.2) is 4.39 Å². The number of likely N-dealkylation sites (tertiary alicyclic amines) is 1. The fraction of sp³-hybridized carbons (Fsp3) is 0.267. The molecule has 0 spiro atoms. The first-order chi connectivity index (χ1) is 17.7. The van der Waals surface area contributed by atoms with E-state index in [1.807, 2.05) is 49.4 Å². The van der Waals surface area contributed by atoms with Gasteiger partial charge in [-0.3, -0.25) is 9.59 Å². The highest BCUT2D eigenvalue weighted by Gasteiger charge is 2.46. The Morgan fingerprint density at radius 2 is 1.78 bits per heavy atom. The summed E-state index contributed by atoms with van der Waals surface area (Å²) in [6, 6.07) is 17.5. The van der Waals surface area contributed by atoms with Crippen molar-refractivity contribution in [1.29, 1.82) is 0 Å². The van der Waals surface area contributed by atoms with Crippen LogP contribution < -0.4 is 9.47 Å². The maximum atomic E-state index is 14.1. The predicted molar refractivity (Wildman–Crippen MR) is 139 cm³/mol. The quantitative estimate of drug-likeness (QED) is 0.239. The van der Waals surface area contributed by atoms with Crippen molar-refractivity contribution >= 4 is 17.4 Å². The minimum Gasteiger partial charge on any atom is -0.507 e. The van der Waals surface area contributed by atoms with Gasteiger partial charge in [0.1, 0.15) is 23.1 Å². The number of carbonyl (C=O) groups excluding carboxylic acids is 2. The number of hydrogen-bond acceptors (Lipinski definition) is 5. The SMILES string of the molecule is COc1ccc(F)cc1/C(O)=C1\C(=O)C(=O)N(Cc2ccc(OCC(C)C)cc2)C1c1cccc(C)c1. The third kappa shape index (κ3) is 5.50. The molecule has 6 nitrogen and oxygen atoms in total. The number of benzene rings is 3. The zero-order chi connectivity index (χ0) is 26.7. The van der Waals surface area contributed by atoms with Crippen molar-refractivity contribution in [3.63, 3.8) is 0 Å². The number of rotatable bonds is 8. The van der Waals surface area contributed by atoms with Crippen LogP contribution in [-0.2, 0) is 16.1 Å². The monoisotopic (exact) mass is 503 g/mol. The Morgan fingerprint density at radius 1 is 1.05 bits per heavy atom. The van der Waals surface area contributed by atoms with E-state index in [4.69, 9.17) is 9.47 Å². The van der Waals surface area contributed by atoms with E-state index in [0.717, 1.165) is 17.2 Å². The number of Topliss-reactive ketones (excluding diaryl/α,β-unsaturated/α-hetero) is 1. The summed E-state index contributed by atoms with van der Waals surface area (Å²) in [7, 11) is 1.38. The molecule has 1 heterocycles. The zero-order valence-electron chi connectivity index (χ0n) is 21.3. The lowest BCUT2D eigenvalue weighted by Gasteiger charge is -2.26. The lowest BCUT2D eigenvalue weighted by molar-refractivity contribution is -0.140. The van der Waals surface area contributed by atoms with Gasteiger partial charge in [0.05, 0.1) is 30.9 Å². The summed E-state index contributed by atoms with van der Waals surface area (Å²) in [6.45, 7) is 6.75. The second kappa shape index (κ2) is 10.9. The number of aliphatic hydroxyl groups is 1. The van der Waals surface area contributed by atoms with Crippen molar-refractivity contribution in [1.82, 2.24) is 4.90 Å². The van der Waals surface area contributed by atoms with E-state index in [-0.39, 0.29) is 23.4 Å². The van der Waals surface area contributed by atoms with Crippen LogP contribution in [-0.4, -0.2) is 35.4 Å². The first-order valence-electron chi connectivity index (χ1n) is 12.1. The van der Waals surface area contributed by atoms with Crippen LogP contribution in [0.2, 0.25) is 0 Å². The van der Waals surface area contributed by atoms with Gasteiger partial charge in [-0.2, -0.15) is 0 Å². The molecule has 1 N–H and O–H groups in total. The summed E-state index contributed by atoms with van der Waals surface area (Å²) < 4.78 is 25.1. The first-order valence-corrected chi connectivity index (χ1v) is 12.1. The molecule has 4 rings (SSSR count). The van der Waals surface area contributed by atoms with Crippen LogP contribution in [0.4, 0.5) is 4.39 Å². The molecule has 1 fully saturated rings. The van der Waals surface area contributed by atoms with Crippen LogP contribution in [0, 0.1) is 18.7 Å². The van der Waals surface area contributed by atoms with Crippen LogP contribution >= 0.6 is 0 Å². The third-order valence-corrected chi connectivity index (χ3v) is 6.17. The molecule has 3 aromatic rings. The topological polar surface area (TPSA) is 76.1 Å². The van der Waals surface area contributed by atoms with Crippen molar-refractivity contribution in [2.24, 2.45) is 5.92 Å². The third-order valence-electron chi connectivity index (χ3n) is 6.17. The molecule has 0 radical (unpaired) electrons. The van der Waals surface area contributed by atoms with Crippen LogP contribution in [0.15, 0.2) is 72.3 Å². The molecule has 0 bridgehead atoms. The number of aliphatic hydroxyl groups excluding tert-OH is 1. The lowest BCUT2D eigenvalue weighted by atomic mass is 9.94. The molecular weight excluding hydrogens is 473 g/mol. The number of aryl methyl sites for hydroxylation is 1. The molecule has 1 aliphatic rings. The van der Waals surface area contributed by atoms with Gasteiger partial charge < -0.3 is 19.5 Å². The molecule has 0 aromatic heterocycles. The number of ketones is 1.